The van der Waals surface area contributed by atoms with Crippen LogP contribution in [0.5, 0.6) is 0 Å². The SMILES string of the molecule is CCC(C)N1CCN(CC(C(N)=S)c2ccccc2)CC1. The highest BCUT2D eigenvalue weighted by atomic mass is 32.1. The largest absolute Gasteiger partial charge is 0.393 e. The molecule has 1 saturated heterocycles. The van der Waals surface area contributed by atoms with E-state index in [1.807, 2.05) is 6.07 Å². The van der Waals surface area contributed by atoms with Gasteiger partial charge in [-0.2, -0.15) is 0 Å². The van der Waals surface area contributed by atoms with Crippen LogP contribution >= 0.6 is 12.2 Å². The molecule has 0 aliphatic carbocycles. The molecule has 0 spiro atoms. The summed E-state index contributed by atoms with van der Waals surface area (Å²) in [6.45, 7) is 10.0. The predicted octanol–water partition coefficient (Wildman–Crippen LogP) is 2.47. The van der Waals surface area contributed by atoms with Crippen LogP contribution in [-0.4, -0.2) is 53.6 Å². The minimum Gasteiger partial charge on any atom is -0.393 e. The van der Waals surface area contributed by atoms with Gasteiger partial charge in [-0.05, 0) is 18.9 Å². The molecule has 3 nitrogen and oxygen atoms in total. The Labute approximate surface area is 134 Å². The number of benzene rings is 1. The minimum atomic E-state index is 0.163. The molecule has 2 unspecified atom stereocenters. The van der Waals surface area contributed by atoms with Gasteiger partial charge in [0.1, 0.15) is 0 Å². The van der Waals surface area contributed by atoms with Crippen LogP contribution in [0.2, 0.25) is 0 Å². The van der Waals surface area contributed by atoms with E-state index in [-0.39, 0.29) is 5.92 Å². The fourth-order valence-electron chi connectivity index (χ4n) is 2.95. The minimum absolute atomic E-state index is 0.163. The summed E-state index contributed by atoms with van der Waals surface area (Å²) in [5.41, 5.74) is 7.21. The van der Waals surface area contributed by atoms with E-state index in [2.05, 4.69) is 47.9 Å². The van der Waals surface area contributed by atoms with Gasteiger partial charge in [0.2, 0.25) is 0 Å². The Morgan fingerprint density at radius 1 is 1.19 bits per heavy atom. The molecule has 0 saturated carbocycles. The fraction of sp³-hybridized carbons (Fsp3) is 0.588. The molecular formula is C17H27N3S. The summed E-state index contributed by atoms with van der Waals surface area (Å²) in [5, 5.41) is 0. The van der Waals surface area contributed by atoms with Crippen molar-refractivity contribution in [3.8, 4) is 0 Å². The van der Waals surface area contributed by atoms with E-state index >= 15 is 0 Å². The van der Waals surface area contributed by atoms with E-state index in [1.165, 1.54) is 12.0 Å². The molecule has 1 aromatic carbocycles. The summed E-state index contributed by atoms with van der Waals surface area (Å²) in [6.07, 6.45) is 1.22. The first-order valence-corrected chi connectivity index (χ1v) is 8.33. The Morgan fingerprint density at radius 3 is 2.33 bits per heavy atom. The summed E-state index contributed by atoms with van der Waals surface area (Å²) >= 11 is 5.29. The quantitative estimate of drug-likeness (QED) is 0.819. The lowest BCUT2D eigenvalue weighted by molar-refractivity contribution is 0.1000. The first-order valence-electron chi connectivity index (χ1n) is 7.92. The summed E-state index contributed by atoms with van der Waals surface area (Å²) in [5.74, 6) is 0.163. The van der Waals surface area contributed by atoms with Gasteiger partial charge in [-0.1, -0.05) is 49.5 Å². The van der Waals surface area contributed by atoms with Crippen molar-refractivity contribution in [2.24, 2.45) is 5.73 Å². The fourth-order valence-corrected chi connectivity index (χ4v) is 3.16. The Kier molecular flexibility index (Phi) is 6.15. The number of rotatable bonds is 6. The average Bonchev–Trinajstić information content (AvgIpc) is 2.53. The third-order valence-corrected chi connectivity index (χ3v) is 4.89. The number of hydrogen-bond donors (Lipinski definition) is 1. The van der Waals surface area contributed by atoms with E-state index in [0.29, 0.717) is 11.0 Å². The van der Waals surface area contributed by atoms with Crippen molar-refractivity contribution in [1.29, 1.82) is 0 Å². The lowest BCUT2D eigenvalue weighted by Gasteiger charge is -2.39. The van der Waals surface area contributed by atoms with Gasteiger partial charge in [0, 0.05) is 44.7 Å². The van der Waals surface area contributed by atoms with Crippen molar-refractivity contribution >= 4 is 17.2 Å². The molecule has 1 aliphatic heterocycles. The van der Waals surface area contributed by atoms with E-state index in [0.717, 1.165) is 32.7 Å². The van der Waals surface area contributed by atoms with Crippen molar-refractivity contribution in [3.63, 3.8) is 0 Å². The maximum Gasteiger partial charge on any atom is 0.0816 e. The second-order valence-corrected chi connectivity index (χ2v) is 6.43. The van der Waals surface area contributed by atoms with Gasteiger partial charge in [0.05, 0.1) is 4.99 Å². The van der Waals surface area contributed by atoms with Gasteiger partial charge in [0.25, 0.3) is 0 Å². The van der Waals surface area contributed by atoms with E-state index in [9.17, 15) is 0 Å². The van der Waals surface area contributed by atoms with Crippen molar-refractivity contribution in [2.75, 3.05) is 32.7 Å². The standard InChI is InChI=1S/C17H27N3S/c1-3-14(2)20-11-9-19(10-12-20)13-16(17(18)21)15-7-5-4-6-8-15/h4-8,14,16H,3,9-13H2,1-2H3,(H2,18,21). The lowest BCUT2D eigenvalue weighted by atomic mass is 9.98. The highest BCUT2D eigenvalue weighted by Crippen LogP contribution is 2.19. The summed E-state index contributed by atoms with van der Waals surface area (Å²) in [7, 11) is 0. The second kappa shape index (κ2) is 7.87. The van der Waals surface area contributed by atoms with Gasteiger partial charge < -0.3 is 5.73 Å². The molecule has 1 heterocycles. The number of hydrogen-bond acceptors (Lipinski definition) is 3. The molecule has 0 radical (unpaired) electrons. The maximum absolute atomic E-state index is 5.98. The highest BCUT2D eigenvalue weighted by Gasteiger charge is 2.24. The smallest absolute Gasteiger partial charge is 0.0816 e. The summed E-state index contributed by atoms with van der Waals surface area (Å²) in [4.78, 5) is 5.68. The molecule has 116 valence electrons. The van der Waals surface area contributed by atoms with Crippen LogP contribution in [0.3, 0.4) is 0 Å². The van der Waals surface area contributed by atoms with Crippen LogP contribution in [0.25, 0.3) is 0 Å². The molecule has 2 N–H and O–H groups in total. The van der Waals surface area contributed by atoms with Crippen molar-refractivity contribution < 1.29 is 0 Å². The van der Waals surface area contributed by atoms with Gasteiger partial charge in [-0.15, -0.1) is 0 Å². The zero-order valence-corrected chi connectivity index (χ0v) is 14.0. The number of thiocarbonyl (C=S) groups is 1. The predicted molar refractivity (Wildman–Crippen MR) is 93.7 cm³/mol. The molecule has 1 aromatic rings. The average molecular weight is 305 g/mol. The normalized spacial score (nSPS) is 20.1. The van der Waals surface area contributed by atoms with Gasteiger partial charge >= 0.3 is 0 Å². The Morgan fingerprint density at radius 2 is 1.81 bits per heavy atom. The third-order valence-electron chi connectivity index (χ3n) is 4.61. The topological polar surface area (TPSA) is 32.5 Å². The van der Waals surface area contributed by atoms with Crippen LogP contribution < -0.4 is 5.73 Å². The van der Waals surface area contributed by atoms with E-state index in [1.54, 1.807) is 0 Å². The number of piperazine rings is 1. The van der Waals surface area contributed by atoms with Gasteiger partial charge in [-0.3, -0.25) is 9.80 Å². The zero-order valence-electron chi connectivity index (χ0n) is 13.2. The third kappa shape index (κ3) is 4.50. The summed E-state index contributed by atoms with van der Waals surface area (Å²) in [6, 6.07) is 11.1. The monoisotopic (exact) mass is 305 g/mol. The molecule has 21 heavy (non-hydrogen) atoms. The molecule has 1 fully saturated rings. The van der Waals surface area contributed by atoms with Gasteiger partial charge in [0.15, 0.2) is 0 Å². The van der Waals surface area contributed by atoms with E-state index in [4.69, 9.17) is 18.0 Å². The molecule has 2 atom stereocenters. The molecule has 0 aromatic heterocycles. The Balaban J connectivity index is 1.93. The molecule has 0 amide bonds. The maximum atomic E-state index is 5.98. The number of nitrogens with two attached hydrogens (primary N) is 1. The van der Waals surface area contributed by atoms with Crippen molar-refractivity contribution in [1.82, 2.24) is 9.80 Å². The molecule has 2 rings (SSSR count). The Bertz CT molecular complexity index is 441. The lowest BCUT2D eigenvalue weighted by Crippen LogP contribution is -2.50. The van der Waals surface area contributed by atoms with Crippen molar-refractivity contribution in [2.45, 2.75) is 32.2 Å². The van der Waals surface area contributed by atoms with Crippen LogP contribution in [0.4, 0.5) is 0 Å². The van der Waals surface area contributed by atoms with E-state index < -0.39 is 0 Å². The summed E-state index contributed by atoms with van der Waals surface area (Å²) < 4.78 is 0. The number of nitrogens with zero attached hydrogens (tertiary/aromatic N) is 2. The van der Waals surface area contributed by atoms with Gasteiger partial charge in [-0.25, -0.2) is 0 Å². The van der Waals surface area contributed by atoms with Crippen LogP contribution in [0.15, 0.2) is 30.3 Å². The van der Waals surface area contributed by atoms with Crippen LogP contribution in [0.1, 0.15) is 31.7 Å². The highest BCUT2D eigenvalue weighted by molar-refractivity contribution is 7.80. The second-order valence-electron chi connectivity index (χ2n) is 5.96. The molecular weight excluding hydrogens is 278 g/mol. The zero-order chi connectivity index (χ0) is 15.2. The first kappa shape index (κ1) is 16.4. The molecule has 1 aliphatic rings. The molecule has 0 bridgehead atoms. The van der Waals surface area contributed by atoms with Crippen molar-refractivity contribution in [3.05, 3.63) is 35.9 Å². The first-order chi connectivity index (χ1) is 10.1. The van der Waals surface area contributed by atoms with Crippen LogP contribution in [-0.2, 0) is 0 Å². The Hall–Kier alpha value is -0.970. The molecule has 4 heteroatoms. The van der Waals surface area contributed by atoms with Crippen LogP contribution in [0, 0.1) is 0 Å².